The number of carboxylic acid groups (broad SMARTS) is 1. The Morgan fingerprint density at radius 1 is 1.06 bits per heavy atom. The Balaban J connectivity index is 0.00000304. The van der Waals surface area contributed by atoms with Crippen LogP contribution < -0.4 is 49.5 Å². The molecule has 0 spiro atoms. The average molecular weight is 514 g/mol. The molecule has 5 rings (SSSR count). The van der Waals surface area contributed by atoms with Gasteiger partial charge in [-0.25, -0.2) is 0 Å². The van der Waals surface area contributed by atoms with Gasteiger partial charge >= 0.3 is 29.6 Å². The van der Waals surface area contributed by atoms with E-state index >= 15 is 0 Å². The fourth-order valence-electron chi connectivity index (χ4n) is 4.47. The fourth-order valence-corrected chi connectivity index (χ4v) is 4.68. The van der Waals surface area contributed by atoms with E-state index < -0.39 is 11.9 Å². The predicted molar refractivity (Wildman–Crippen MR) is 130 cm³/mol. The van der Waals surface area contributed by atoms with Crippen molar-refractivity contribution in [1.82, 2.24) is 5.32 Å². The van der Waals surface area contributed by atoms with Crippen molar-refractivity contribution in [3.63, 3.8) is 0 Å². The Kier molecular flexibility index (Phi) is 8.62. The quantitative estimate of drug-likeness (QED) is 0.461. The first-order chi connectivity index (χ1) is 17.0. The van der Waals surface area contributed by atoms with Gasteiger partial charge in [0.25, 0.3) is 5.91 Å². The molecule has 2 atom stereocenters. The van der Waals surface area contributed by atoms with Crippen molar-refractivity contribution in [2.24, 2.45) is 5.92 Å². The van der Waals surface area contributed by atoms with Gasteiger partial charge in [0.15, 0.2) is 0 Å². The number of carbonyl (C=O) groups excluding carboxylic acids is 2. The molecule has 0 radical (unpaired) electrons. The molecule has 2 aliphatic rings. The molecule has 3 aromatic carbocycles. The second-order valence-electron chi connectivity index (χ2n) is 9.06. The van der Waals surface area contributed by atoms with Gasteiger partial charge in [-0.05, 0) is 67.5 Å². The maximum absolute atomic E-state index is 12.9. The monoisotopic (exact) mass is 513 g/mol. The van der Waals surface area contributed by atoms with Gasteiger partial charge < -0.3 is 24.7 Å². The number of hydrogen-bond donors (Lipinski definition) is 1. The van der Waals surface area contributed by atoms with Crippen LogP contribution in [0.5, 0.6) is 17.2 Å². The Labute approximate surface area is 237 Å². The maximum Gasteiger partial charge on any atom is 1.00 e. The van der Waals surface area contributed by atoms with Gasteiger partial charge in [-0.1, -0.05) is 41.9 Å². The molecular formula is C28H25ClNNaO5. The van der Waals surface area contributed by atoms with Crippen LogP contribution in [0.25, 0.3) is 0 Å². The van der Waals surface area contributed by atoms with Crippen molar-refractivity contribution in [2.45, 2.75) is 37.6 Å². The standard InChI is InChI=1S/C28H26ClNO5.Na/c29-23-15-22-21(28(32)33)12-13-34-25(22)16-26(23)35-20-10-8-19(9-11-20)27(31)30-24(18-6-7-18)14-17-4-2-1-3-5-17;/h1-5,8-11,15-16,18,21,24H,6-7,12-14H2,(H,30,31)(H,32,33);/q;+1/p-1. The molecule has 0 aromatic heterocycles. The van der Waals surface area contributed by atoms with E-state index in [4.69, 9.17) is 21.1 Å². The van der Waals surface area contributed by atoms with Crippen LogP contribution in [0.3, 0.4) is 0 Å². The van der Waals surface area contributed by atoms with Crippen LogP contribution in [0.4, 0.5) is 0 Å². The smallest absolute Gasteiger partial charge is 0.549 e. The van der Waals surface area contributed by atoms with Crippen molar-refractivity contribution in [1.29, 1.82) is 0 Å². The summed E-state index contributed by atoms with van der Waals surface area (Å²) in [5.74, 6) is -0.239. The summed E-state index contributed by atoms with van der Waals surface area (Å²) in [7, 11) is 0. The molecule has 1 N–H and O–H groups in total. The molecule has 36 heavy (non-hydrogen) atoms. The number of benzene rings is 3. The van der Waals surface area contributed by atoms with Gasteiger partial charge in [0.1, 0.15) is 17.2 Å². The van der Waals surface area contributed by atoms with Crippen LogP contribution >= 0.6 is 11.6 Å². The Morgan fingerprint density at radius 3 is 2.44 bits per heavy atom. The number of rotatable bonds is 8. The number of fused-ring (bicyclic) bond motifs is 1. The number of halogens is 1. The molecule has 8 heteroatoms. The van der Waals surface area contributed by atoms with E-state index in [1.165, 1.54) is 5.56 Å². The Bertz CT molecular complexity index is 1230. The predicted octanol–water partition coefficient (Wildman–Crippen LogP) is 1.50. The second-order valence-corrected chi connectivity index (χ2v) is 9.47. The molecule has 1 heterocycles. The third-order valence-corrected chi connectivity index (χ3v) is 6.83. The normalized spacial score (nSPS) is 17.1. The number of nitrogens with one attached hydrogen (secondary N) is 1. The third kappa shape index (κ3) is 6.24. The average Bonchev–Trinajstić information content (AvgIpc) is 3.70. The van der Waals surface area contributed by atoms with Gasteiger partial charge in [0, 0.05) is 35.1 Å². The molecule has 180 valence electrons. The zero-order valence-corrected chi connectivity index (χ0v) is 22.8. The summed E-state index contributed by atoms with van der Waals surface area (Å²) in [5.41, 5.74) is 2.25. The molecule has 1 aliphatic heterocycles. The van der Waals surface area contributed by atoms with E-state index in [0.717, 1.165) is 19.3 Å². The number of aliphatic carboxylic acids is 1. The van der Waals surface area contributed by atoms with Crippen LogP contribution in [0, 0.1) is 5.92 Å². The van der Waals surface area contributed by atoms with Crippen LogP contribution in [0.1, 0.15) is 46.7 Å². The van der Waals surface area contributed by atoms with Crippen molar-refractivity contribution in [2.75, 3.05) is 6.61 Å². The molecule has 0 bridgehead atoms. The summed E-state index contributed by atoms with van der Waals surface area (Å²) < 4.78 is 11.5. The van der Waals surface area contributed by atoms with Crippen molar-refractivity contribution < 1.29 is 53.7 Å². The summed E-state index contributed by atoms with van der Waals surface area (Å²) in [4.78, 5) is 24.3. The molecule has 1 saturated carbocycles. The summed E-state index contributed by atoms with van der Waals surface area (Å²) in [6.07, 6.45) is 3.43. The number of carboxylic acids is 1. The van der Waals surface area contributed by atoms with Crippen molar-refractivity contribution in [3.05, 3.63) is 88.4 Å². The first kappa shape index (κ1) is 26.6. The van der Waals surface area contributed by atoms with E-state index in [0.29, 0.717) is 40.7 Å². The Morgan fingerprint density at radius 2 is 1.78 bits per heavy atom. The first-order valence-corrected chi connectivity index (χ1v) is 12.2. The second kappa shape index (κ2) is 11.7. The molecule has 1 aliphatic carbocycles. The van der Waals surface area contributed by atoms with Crippen LogP contribution in [0.15, 0.2) is 66.7 Å². The third-order valence-electron chi connectivity index (χ3n) is 6.54. The van der Waals surface area contributed by atoms with E-state index in [2.05, 4.69) is 17.4 Å². The minimum atomic E-state index is -1.15. The zero-order valence-electron chi connectivity index (χ0n) is 20.0. The van der Waals surface area contributed by atoms with E-state index in [1.54, 1.807) is 36.4 Å². The zero-order chi connectivity index (χ0) is 24.4. The molecule has 1 amide bonds. The van der Waals surface area contributed by atoms with Gasteiger partial charge in [-0.3, -0.25) is 4.79 Å². The molecule has 3 aromatic rings. The maximum atomic E-state index is 12.9. The van der Waals surface area contributed by atoms with Crippen molar-refractivity contribution in [3.8, 4) is 17.2 Å². The molecule has 1 fully saturated rings. The first-order valence-electron chi connectivity index (χ1n) is 11.8. The van der Waals surface area contributed by atoms with Gasteiger partial charge in [-0.2, -0.15) is 0 Å². The largest absolute Gasteiger partial charge is 1.00 e. The SMILES string of the molecule is O=C(NC(Cc1ccccc1)C1CC1)c1ccc(Oc2cc3c(cc2Cl)C(C(=O)[O-])CCO3)cc1.[Na+]. The minimum absolute atomic E-state index is 0. The molecule has 2 unspecified atom stereocenters. The van der Waals surface area contributed by atoms with Gasteiger partial charge in [0.05, 0.1) is 11.6 Å². The van der Waals surface area contributed by atoms with Gasteiger partial charge in [-0.15, -0.1) is 0 Å². The van der Waals surface area contributed by atoms with Gasteiger partial charge in [0.2, 0.25) is 0 Å². The van der Waals surface area contributed by atoms with Crippen LogP contribution in [-0.4, -0.2) is 24.5 Å². The molecule has 0 saturated heterocycles. The number of hydrogen-bond acceptors (Lipinski definition) is 5. The number of carbonyl (C=O) groups is 2. The summed E-state index contributed by atoms with van der Waals surface area (Å²) >= 11 is 6.36. The van der Waals surface area contributed by atoms with Crippen LogP contribution in [0.2, 0.25) is 5.02 Å². The molecular weight excluding hydrogens is 489 g/mol. The van der Waals surface area contributed by atoms with Crippen LogP contribution in [-0.2, 0) is 11.2 Å². The van der Waals surface area contributed by atoms with E-state index in [-0.39, 0.29) is 53.1 Å². The Hall–Kier alpha value is -2.51. The number of amides is 1. The van der Waals surface area contributed by atoms with Crippen molar-refractivity contribution >= 4 is 23.5 Å². The topological polar surface area (TPSA) is 87.7 Å². The summed E-state index contributed by atoms with van der Waals surface area (Å²) in [6, 6.07) is 20.3. The molecule has 6 nitrogen and oxygen atoms in total. The summed E-state index contributed by atoms with van der Waals surface area (Å²) in [5, 5.41) is 14.9. The minimum Gasteiger partial charge on any atom is -0.549 e. The summed E-state index contributed by atoms with van der Waals surface area (Å²) in [6.45, 7) is 0.280. The van der Waals surface area contributed by atoms with E-state index in [9.17, 15) is 14.7 Å². The van der Waals surface area contributed by atoms with E-state index in [1.807, 2.05) is 18.2 Å². The number of ether oxygens (including phenoxy) is 2. The fraction of sp³-hybridized carbons (Fsp3) is 0.286.